The van der Waals surface area contributed by atoms with Crippen LogP contribution in [-0.4, -0.2) is 44.4 Å². The molecule has 2 aromatic heterocycles. The van der Waals surface area contributed by atoms with Crippen molar-refractivity contribution >= 4 is 22.5 Å². The van der Waals surface area contributed by atoms with Gasteiger partial charge in [0, 0.05) is 37.5 Å². The fourth-order valence-electron chi connectivity index (χ4n) is 6.88. The fraction of sp³-hybridized carbons (Fsp3) is 0.560. The number of benzene rings is 1. The largest absolute Gasteiger partial charge is 0.393 e. The molecule has 2 aliphatic carbocycles. The van der Waals surface area contributed by atoms with Crippen molar-refractivity contribution in [3.63, 3.8) is 0 Å². The highest BCUT2D eigenvalue weighted by molar-refractivity contribution is 7.10. The van der Waals surface area contributed by atoms with E-state index in [2.05, 4.69) is 20.7 Å². The Morgan fingerprint density at radius 3 is 2.77 bits per heavy atom. The zero-order valence-electron chi connectivity index (χ0n) is 19.4. The van der Waals surface area contributed by atoms with Crippen LogP contribution < -0.4 is 10.2 Å². The molecule has 7 rings (SSSR count). The lowest BCUT2D eigenvalue weighted by Crippen LogP contribution is -2.47. The lowest BCUT2D eigenvalue weighted by molar-refractivity contribution is -0.127. The SMILES string of the molecule is Cc1cc(N2C[C@H]3[C@H](Nc4nc5n(n4)CCCC5c4ccc(CC(F)(F)F)cc4)[C@@H]4CC34C2)sn1. The summed E-state index contributed by atoms with van der Waals surface area (Å²) in [6.45, 7) is 5.05. The molecule has 1 saturated heterocycles. The van der Waals surface area contributed by atoms with E-state index in [4.69, 9.17) is 10.1 Å². The first kappa shape index (κ1) is 21.6. The van der Waals surface area contributed by atoms with Gasteiger partial charge in [-0.1, -0.05) is 24.3 Å². The smallest absolute Gasteiger partial charge is 0.361 e. The van der Waals surface area contributed by atoms with Crippen molar-refractivity contribution in [2.24, 2.45) is 17.3 Å². The van der Waals surface area contributed by atoms with E-state index in [0.29, 0.717) is 29.2 Å². The van der Waals surface area contributed by atoms with Gasteiger partial charge in [0.05, 0.1) is 12.1 Å². The second-order valence-electron chi connectivity index (χ2n) is 10.8. The summed E-state index contributed by atoms with van der Waals surface area (Å²) in [5, 5.41) is 9.73. The standard InChI is InChI=1S/C25H27F3N6S/c1-14-9-20(35-32-14)33-12-19-21(18-11-24(18,19)13-33)29-23-30-22-17(3-2-8-34(22)31-23)16-6-4-15(5-7-16)10-25(26,27)28/h4-7,9,17-19,21H,2-3,8,10-13H2,1H3,(H,29,31)/t17?,18-,19-,21+,24?/m0/s1. The van der Waals surface area contributed by atoms with E-state index in [1.807, 2.05) is 23.7 Å². The number of rotatable bonds is 5. The molecule has 5 atom stereocenters. The summed E-state index contributed by atoms with van der Waals surface area (Å²) in [4.78, 5) is 7.40. The highest BCUT2D eigenvalue weighted by atomic mass is 32.1. The number of alkyl halides is 3. The van der Waals surface area contributed by atoms with Gasteiger partial charge in [-0.2, -0.15) is 22.5 Å². The summed E-state index contributed by atoms with van der Waals surface area (Å²) in [6.07, 6.45) is -1.91. The van der Waals surface area contributed by atoms with Gasteiger partial charge in [0.25, 0.3) is 0 Å². The molecule has 1 aromatic carbocycles. The lowest BCUT2D eigenvalue weighted by Gasteiger charge is -2.38. The first-order valence-corrected chi connectivity index (χ1v) is 13.1. The van der Waals surface area contributed by atoms with Crippen LogP contribution in [0.4, 0.5) is 24.1 Å². The predicted octanol–water partition coefficient (Wildman–Crippen LogP) is 5.01. The maximum Gasteiger partial charge on any atom is 0.393 e. The van der Waals surface area contributed by atoms with E-state index < -0.39 is 12.6 Å². The van der Waals surface area contributed by atoms with Gasteiger partial charge >= 0.3 is 6.18 Å². The molecule has 0 bridgehead atoms. The Morgan fingerprint density at radius 1 is 1.20 bits per heavy atom. The summed E-state index contributed by atoms with van der Waals surface area (Å²) >= 11 is 1.59. The number of aromatic nitrogens is 4. The normalized spacial score (nSPS) is 30.9. The molecule has 0 radical (unpaired) electrons. The average molecular weight is 501 g/mol. The minimum Gasteiger partial charge on any atom is -0.361 e. The lowest BCUT2D eigenvalue weighted by atomic mass is 9.71. The number of nitrogens with one attached hydrogen (secondary N) is 1. The summed E-state index contributed by atoms with van der Waals surface area (Å²) in [6, 6.07) is 9.42. The Kier molecular flexibility index (Phi) is 4.60. The second-order valence-corrected chi connectivity index (χ2v) is 11.5. The Hall–Kier alpha value is -2.62. The topological polar surface area (TPSA) is 58.9 Å². The summed E-state index contributed by atoms with van der Waals surface area (Å²) in [5.41, 5.74) is 2.83. The van der Waals surface area contributed by atoms with Crippen LogP contribution in [-0.2, 0) is 13.0 Å². The minimum atomic E-state index is -4.19. The van der Waals surface area contributed by atoms with Crippen LogP contribution in [0.15, 0.2) is 30.3 Å². The van der Waals surface area contributed by atoms with E-state index in [-0.39, 0.29) is 11.5 Å². The Balaban J connectivity index is 1.06. The molecule has 10 heteroatoms. The zero-order chi connectivity index (χ0) is 23.9. The van der Waals surface area contributed by atoms with E-state index in [0.717, 1.165) is 49.6 Å². The quantitative estimate of drug-likeness (QED) is 0.534. The monoisotopic (exact) mass is 500 g/mol. The Morgan fingerprint density at radius 2 is 2.03 bits per heavy atom. The molecule has 0 amide bonds. The van der Waals surface area contributed by atoms with Crippen LogP contribution in [0.5, 0.6) is 0 Å². The highest BCUT2D eigenvalue weighted by Gasteiger charge is 2.76. The van der Waals surface area contributed by atoms with Crippen LogP contribution in [0, 0.1) is 24.2 Å². The fourth-order valence-corrected chi connectivity index (χ4v) is 7.64. The number of halogens is 3. The van der Waals surface area contributed by atoms with Gasteiger partial charge in [-0.05, 0) is 66.2 Å². The summed E-state index contributed by atoms with van der Waals surface area (Å²) in [7, 11) is 0. The second kappa shape index (κ2) is 7.44. The van der Waals surface area contributed by atoms with E-state index in [1.165, 1.54) is 11.4 Å². The van der Waals surface area contributed by atoms with E-state index >= 15 is 0 Å². The number of nitrogens with zero attached hydrogens (tertiary/aromatic N) is 5. The zero-order valence-corrected chi connectivity index (χ0v) is 20.2. The minimum absolute atomic E-state index is 0.0599. The van der Waals surface area contributed by atoms with Crippen molar-refractivity contribution in [1.82, 2.24) is 19.1 Å². The third-order valence-corrected chi connectivity index (χ3v) is 9.51. The molecule has 184 valence electrons. The third kappa shape index (κ3) is 3.55. The van der Waals surface area contributed by atoms with Crippen molar-refractivity contribution in [1.29, 1.82) is 0 Å². The third-order valence-electron chi connectivity index (χ3n) is 8.57. The van der Waals surface area contributed by atoms with E-state index in [1.54, 1.807) is 23.7 Å². The van der Waals surface area contributed by atoms with Crippen molar-refractivity contribution in [2.75, 3.05) is 23.3 Å². The molecule has 2 saturated carbocycles. The van der Waals surface area contributed by atoms with Gasteiger partial charge < -0.3 is 10.2 Å². The number of fused-ring (bicyclic) bond motifs is 1. The van der Waals surface area contributed by atoms with Crippen LogP contribution in [0.25, 0.3) is 0 Å². The maximum atomic E-state index is 12.7. The van der Waals surface area contributed by atoms with Gasteiger partial charge in [-0.15, -0.1) is 5.10 Å². The number of anilines is 2. The Labute approximate surface area is 205 Å². The molecular formula is C25H27F3N6S. The first-order chi connectivity index (χ1) is 16.8. The molecule has 3 aromatic rings. The molecule has 4 heterocycles. The van der Waals surface area contributed by atoms with Crippen molar-refractivity contribution in [2.45, 2.75) is 57.3 Å². The van der Waals surface area contributed by atoms with Gasteiger partial charge in [0.1, 0.15) is 10.8 Å². The molecule has 1 N–H and O–H groups in total. The first-order valence-electron chi connectivity index (χ1n) is 12.3. The van der Waals surface area contributed by atoms with Gasteiger partial charge in [-0.25, -0.2) is 4.68 Å². The highest BCUT2D eigenvalue weighted by Crippen LogP contribution is 2.74. The molecule has 4 aliphatic rings. The van der Waals surface area contributed by atoms with Crippen molar-refractivity contribution in [3.8, 4) is 0 Å². The van der Waals surface area contributed by atoms with Crippen molar-refractivity contribution in [3.05, 3.63) is 53.0 Å². The predicted molar refractivity (Wildman–Crippen MR) is 128 cm³/mol. The molecule has 2 unspecified atom stereocenters. The summed E-state index contributed by atoms with van der Waals surface area (Å²) < 4.78 is 44.6. The number of aryl methyl sites for hydroxylation is 2. The van der Waals surface area contributed by atoms with Gasteiger partial charge in [-0.3, -0.25) is 0 Å². The van der Waals surface area contributed by atoms with Gasteiger partial charge in [0.2, 0.25) is 5.95 Å². The van der Waals surface area contributed by atoms with Crippen LogP contribution in [0.2, 0.25) is 0 Å². The van der Waals surface area contributed by atoms with Gasteiger partial charge in [0.15, 0.2) is 0 Å². The van der Waals surface area contributed by atoms with Crippen LogP contribution >= 0.6 is 11.5 Å². The Bertz CT molecular complexity index is 1270. The molecule has 35 heavy (non-hydrogen) atoms. The molecule has 6 nitrogen and oxygen atoms in total. The molecule has 2 aliphatic heterocycles. The average Bonchev–Trinajstić information content (AvgIpc) is 3.14. The molecule has 3 fully saturated rings. The molecular weight excluding hydrogens is 473 g/mol. The van der Waals surface area contributed by atoms with E-state index in [9.17, 15) is 13.2 Å². The number of hydrogen-bond donors (Lipinski definition) is 1. The van der Waals surface area contributed by atoms with Crippen LogP contribution in [0.1, 0.15) is 47.8 Å². The van der Waals surface area contributed by atoms with Crippen molar-refractivity contribution < 1.29 is 13.2 Å². The maximum absolute atomic E-state index is 12.7. The number of hydrogen-bond acceptors (Lipinski definition) is 6. The molecule has 1 spiro atoms. The van der Waals surface area contributed by atoms with Crippen LogP contribution in [0.3, 0.4) is 0 Å². The summed E-state index contributed by atoms with van der Waals surface area (Å²) in [5.74, 6) is 2.95.